The molecule has 0 saturated heterocycles. The number of allylic oxidation sites excluding steroid dienone is 4. The Bertz CT molecular complexity index is 260. The fourth-order valence-corrected chi connectivity index (χ4v) is 1.16. The SMILES string of the molecule is CC(C)(C)[NH-].CC1=[C-]C(C)C(C)=C1C.[CH3-].[CH3-].[Cl-].[Cl-].[Ti+2]. The van der Waals surface area contributed by atoms with Crippen LogP contribution in [-0.2, 0) is 21.7 Å². The zero-order valence-corrected chi connectivity index (χ0v) is 16.9. The molecule has 0 aromatic carbocycles. The van der Waals surface area contributed by atoms with E-state index in [0.717, 1.165) is 0 Å². The molecule has 4 heteroatoms. The van der Waals surface area contributed by atoms with Crippen molar-refractivity contribution in [3.8, 4) is 0 Å². The molecule has 0 heterocycles. The van der Waals surface area contributed by atoms with Gasteiger partial charge in [-0.15, -0.1) is 12.5 Å². The first-order valence-electron chi connectivity index (χ1n) is 5.15. The number of halogens is 2. The molecule has 1 atom stereocenters. The van der Waals surface area contributed by atoms with Gasteiger partial charge in [0.25, 0.3) is 0 Å². The fraction of sp³-hybridized carbons (Fsp3) is 0.600. The third-order valence-electron chi connectivity index (χ3n) is 2.24. The van der Waals surface area contributed by atoms with Gasteiger partial charge in [0.05, 0.1) is 0 Å². The Kier molecular flexibility index (Phi) is 29.2. The molecule has 0 saturated carbocycles. The number of hydrogen-bond donors (Lipinski definition) is 0. The quantitative estimate of drug-likeness (QED) is 0.417. The molecular formula is C15H29Cl2NTi-4. The molecule has 19 heavy (non-hydrogen) atoms. The van der Waals surface area contributed by atoms with Crippen LogP contribution in [0.5, 0.6) is 0 Å². The monoisotopic (exact) mass is 341 g/mol. The van der Waals surface area contributed by atoms with E-state index < -0.39 is 0 Å². The Labute approximate surface area is 149 Å². The first-order chi connectivity index (χ1) is 6.13. The molecule has 0 amide bonds. The second kappa shape index (κ2) is 15.1. The van der Waals surface area contributed by atoms with E-state index in [4.69, 9.17) is 5.73 Å². The van der Waals surface area contributed by atoms with E-state index in [1.54, 1.807) is 0 Å². The number of rotatable bonds is 0. The van der Waals surface area contributed by atoms with Crippen LogP contribution in [0.15, 0.2) is 16.7 Å². The van der Waals surface area contributed by atoms with Crippen molar-refractivity contribution in [2.24, 2.45) is 5.92 Å². The molecule has 0 radical (unpaired) electrons. The summed E-state index contributed by atoms with van der Waals surface area (Å²) in [6.07, 6.45) is 3.36. The molecule has 1 aliphatic carbocycles. The van der Waals surface area contributed by atoms with Crippen LogP contribution in [0, 0.1) is 26.8 Å². The predicted octanol–water partition coefficient (Wildman–Crippen LogP) is -0.535. The second-order valence-electron chi connectivity index (χ2n) is 5.05. The third kappa shape index (κ3) is 18.7. The van der Waals surface area contributed by atoms with Crippen LogP contribution >= 0.6 is 0 Å². The van der Waals surface area contributed by atoms with Gasteiger partial charge in [0.15, 0.2) is 0 Å². The summed E-state index contributed by atoms with van der Waals surface area (Å²) in [7, 11) is 0. The maximum Gasteiger partial charge on any atom is 2.00 e. The Morgan fingerprint density at radius 2 is 1.26 bits per heavy atom. The van der Waals surface area contributed by atoms with Crippen molar-refractivity contribution in [1.82, 2.24) is 0 Å². The topological polar surface area (TPSA) is 23.8 Å². The summed E-state index contributed by atoms with van der Waals surface area (Å²) in [6, 6.07) is 0. The molecule has 1 rings (SSSR count). The largest absolute Gasteiger partial charge is 2.00 e. The molecule has 0 aromatic rings. The van der Waals surface area contributed by atoms with Crippen LogP contribution in [0.3, 0.4) is 0 Å². The molecule has 0 aromatic heterocycles. The smallest absolute Gasteiger partial charge is 1.00 e. The van der Waals surface area contributed by atoms with Gasteiger partial charge in [0.1, 0.15) is 0 Å². The summed E-state index contributed by atoms with van der Waals surface area (Å²) >= 11 is 0. The molecule has 0 fully saturated rings. The van der Waals surface area contributed by atoms with E-state index in [1.807, 2.05) is 20.8 Å². The third-order valence-corrected chi connectivity index (χ3v) is 2.24. The minimum atomic E-state index is -0.250. The Morgan fingerprint density at radius 3 is 1.32 bits per heavy atom. The van der Waals surface area contributed by atoms with Crippen LogP contribution < -0.4 is 24.8 Å². The van der Waals surface area contributed by atoms with Crippen molar-refractivity contribution >= 4 is 0 Å². The first kappa shape index (κ1) is 36.7. The van der Waals surface area contributed by atoms with Gasteiger partial charge in [-0.3, -0.25) is 6.08 Å². The standard InChI is InChI=1S/C9H13.C4H10N.2CH3.2ClH.Ti/c1-6-5-7(2)9(4)8(6)3;1-4(2,3)5;;;;;/h6H,1-4H3;5H,1-3H3;2*1H3;2*1H;/q4*-1;;;+2/p-2. The Hall–Kier alpha value is 0.734. The normalized spacial score (nSPS) is 16.0. The van der Waals surface area contributed by atoms with Gasteiger partial charge in [-0.2, -0.15) is 11.1 Å². The van der Waals surface area contributed by atoms with Crippen LogP contribution in [0.4, 0.5) is 0 Å². The van der Waals surface area contributed by atoms with Crippen molar-refractivity contribution in [1.29, 1.82) is 0 Å². The van der Waals surface area contributed by atoms with Crippen molar-refractivity contribution in [2.75, 3.05) is 0 Å². The molecule has 0 spiro atoms. The number of nitrogens with one attached hydrogen (secondary N) is 1. The summed E-state index contributed by atoms with van der Waals surface area (Å²) in [4.78, 5) is 0. The average molecular weight is 342 g/mol. The minimum Gasteiger partial charge on any atom is -1.00 e. The van der Waals surface area contributed by atoms with E-state index in [9.17, 15) is 0 Å². The van der Waals surface area contributed by atoms with Crippen molar-refractivity contribution in [3.63, 3.8) is 0 Å². The maximum atomic E-state index is 6.94. The molecule has 0 aliphatic heterocycles. The van der Waals surface area contributed by atoms with E-state index in [2.05, 4.69) is 33.8 Å². The summed E-state index contributed by atoms with van der Waals surface area (Å²) in [5, 5.41) is 0. The van der Waals surface area contributed by atoms with Gasteiger partial charge in [0, 0.05) is 0 Å². The molecule has 1 N–H and O–H groups in total. The number of hydrogen-bond acceptors (Lipinski definition) is 0. The molecule has 116 valence electrons. The molecule has 1 nitrogen and oxygen atoms in total. The summed E-state index contributed by atoms with van der Waals surface area (Å²) in [5.74, 6) is 0.560. The van der Waals surface area contributed by atoms with Gasteiger partial charge >= 0.3 is 21.7 Å². The zero-order chi connectivity index (χ0) is 11.5. The Morgan fingerprint density at radius 1 is 1.00 bits per heavy atom. The second-order valence-corrected chi connectivity index (χ2v) is 5.05. The average Bonchev–Trinajstić information content (AvgIpc) is 2.14. The van der Waals surface area contributed by atoms with Crippen LogP contribution in [0.1, 0.15) is 48.5 Å². The van der Waals surface area contributed by atoms with Gasteiger partial charge in [0.2, 0.25) is 0 Å². The van der Waals surface area contributed by atoms with E-state index in [1.165, 1.54) is 16.7 Å². The van der Waals surface area contributed by atoms with Gasteiger partial charge in [-0.25, -0.2) is 5.57 Å². The molecule has 1 unspecified atom stereocenters. The summed E-state index contributed by atoms with van der Waals surface area (Å²) in [5.41, 5.74) is 10.9. The van der Waals surface area contributed by atoms with Gasteiger partial charge in [-0.05, 0) is 0 Å². The van der Waals surface area contributed by atoms with Crippen LogP contribution in [0.2, 0.25) is 0 Å². The van der Waals surface area contributed by atoms with Gasteiger partial charge in [-0.1, -0.05) is 47.5 Å². The maximum absolute atomic E-state index is 6.94. The van der Waals surface area contributed by atoms with Crippen molar-refractivity contribution in [3.05, 3.63) is 43.4 Å². The van der Waals surface area contributed by atoms with E-state index in [0.29, 0.717) is 5.92 Å². The van der Waals surface area contributed by atoms with E-state index >= 15 is 0 Å². The zero-order valence-electron chi connectivity index (χ0n) is 13.8. The minimum absolute atomic E-state index is 0. The Balaban J connectivity index is -0.0000000385. The van der Waals surface area contributed by atoms with Gasteiger partial charge < -0.3 is 45.4 Å². The van der Waals surface area contributed by atoms with E-state index in [-0.39, 0.29) is 66.9 Å². The summed E-state index contributed by atoms with van der Waals surface area (Å²) < 4.78 is 0. The summed E-state index contributed by atoms with van der Waals surface area (Å²) in [6.45, 7) is 14.2. The van der Waals surface area contributed by atoms with Crippen LogP contribution in [-0.4, -0.2) is 5.54 Å². The predicted molar refractivity (Wildman–Crippen MR) is 76.9 cm³/mol. The van der Waals surface area contributed by atoms with Crippen molar-refractivity contribution < 1.29 is 46.5 Å². The molecular weight excluding hydrogens is 313 g/mol. The molecule has 0 bridgehead atoms. The molecule has 1 aliphatic rings. The van der Waals surface area contributed by atoms with Crippen molar-refractivity contribution in [2.45, 2.75) is 54.0 Å². The fourth-order valence-electron chi connectivity index (χ4n) is 1.16. The van der Waals surface area contributed by atoms with Crippen LogP contribution in [0.25, 0.3) is 5.73 Å². The first-order valence-corrected chi connectivity index (χ1v) is 5.15.